The number of H-pyrrole nitrogens is 1. The van der Waals surface area contributed by atoms with Gasteiger partial charge in [-0.1, -0.05) is 18.9 Å². The standard InChI is InChI=1S/C25H32N6O4S/c1-16-10-11-20(35-16)21(17-6-3-4-7-17)27-24-23(28-36(34)29-24)26-19-9-5-8-18(22(19)32)25(33)31-14-12-30(2)13-15-31/h5,8-11,17,21,32H,3-4,6-7,12-15H2,1-2H3,(H,26,28)(H,27,29)/t21-,36?/m1/s1. The maximum atomic E-state index is 13.1. The third-order valence-corrected chi connectivity index (χ3v) is 7.78. The molecule has 192 valence electrons. The molecule has 0 spiro atoms. The van der Waals surface area contributed by atoms with E-state index in [2.05, 4.69) is 19.0 Å². The molecule has 3 N–H and O–H groups in total. The van der Waals surface area contributed by atoms with E-state index in [0.717, 1.165) is 50.3 Å². The van der Waals surface area contributed by atoms with Crippen LogP contribution in [0.3, 0.4) is 0 Å². The number of hydrogen-bond acceptors (Lipinski definition) is 8. The number of nitrogens with one attached hydrogen (secondary N) is 2. The topological polar surface area (TPSA) is 133 Å². The molecule has 1 amide bonds. The van der Waals surface area contributed by atoms with Crippen molar-refractivity contribution in [3.63, 3.8) is 0 Å². The van der Waals surface area contributed by atoms with Gasteiger partial charge in [-0.15, -0.1) is 4.37 Å². The van der Waals surface area contributed by atoms with E-state index in [1.165, 1.54) is 0 Å². The fourth-order valence-corrected chi connectivity index (χ4v) is 5.66. The van der Waals surface area contributed by atoms with Crippen LogP contribution in [0.4, 0.5) is 11.5 Å². The number of hydrogen-bond donors (Lipinski definition) is 3. The SMILES string of the molecule is Cc1ccc([C@H](N=c2[nH][s+]([O-])nc2Nc2cccc(C(=O)N3CCN(C)CC3)c2O)C2CCCC2)o1. The number of furan rings is 1. The van der Waals surface area contributed by atoms with E-state index >= 15 is 0 Å². The Morgan fingerprint density at radius 2 is 2.00 bits per heavy atom. The van der Waals surface area contributed by atoms with E-state index in [9.17, 15) is 14.5 Å². The smallest absolute Gasteiger partial charge is 0.257 e. The molecular weight excluding hydrogens is 480 g/mol. The predicted molar refractivity (Wildman–Crippen MR) is 136 cm³/mol. The van der Waals surface area contributed by atoms with Gasteiger partial charge in [-0.25, -0.2) is 4.99 Å². The summed E-state index contributed by atoms with van der Waals surface area (Å²) in [5.41, 5.74) is 0.855. The Kier molecular flexibility index (Phi) is 7.13. The van der Waals surface area contributed by atoms with Crippen LogP contribution in [-0.4, -0.2) is 67.3 Å². The summed E-state index contributed by atoms with van der Waals surface area (Å²) in [4.78, 5) is 21.9. The van der Waals surface area contributed by atoms with Crippen molar-refractivity contribution in [3.05, 3.63) is 52.9 Å². The number of anilines is 2. The van der Waals surface area contributed by atoms with Crippen LogP contribution in [0.1, 0.15) is 53.6 Å². The third-order valence-electron chi connectivity index (χ3n) is 7.06. The molecule has 0 radical (unpaired) electrons. The Balaban J connectivity index is 1.45. The van der Waals surface area contributed by atoms with Gasteiger partial charge in [0.1, 0.15) is 17.6 Å². The van der Waals surface area contributed by atoms with Gasteiger partial charge in [-0.2, -0.15) is 0 Å². The van der Waals surface area contributed by atoms with Crippen molar-refractivity contribution in [2.75, 3.05) is 38.5 Å². The molecule has 1 saturated heterocycles. The van der Waals surface area contributed by atoms with E-state index in [1.807, 2.05) is 26.1 Å². The molecule has 2 fully saturated rings. The van der Waals surface area contributed by atoms with Gasteiger partial charge >= 0.3 is 0 Å². The zero-order chi connectivity index (χ0) is 25.2. The first kappa shape index (κ1) is 24.5. The predicted octanol–water partition coefficient (Wildman–Crippen LogP) is 3.71. The molecule has 2 aliphatic rings. The number of aromatic nitrogens is 2. The zero-order valence-electron chi connectivity index (χ0n) is 20.6. The second-order valence-electron chi connectivity index (χ2n) is 9.63. The highest BCUT2D eigenvalue weighted by Crippen LogP contribution is 2.39. The van der Waals surface area contributed by atoms with Gasteiger partial charge < -0.3 is 29.2 Å². The molecule has 1 aliphatic carbocycles. The number of benzene rings is 1. The molecule has 1 aliphatic heterocycles. The van der Waals surface area contributed by atoms with Crippen LogP contribution in [0.2, 0.25) is 0 Å². The molecule has 0 bridgehead atoms. The summed E-state index contributed by atoms with van der Waals surface area (Å²) in [7, 11) is 2.02. The van der Waals surface area contributed by atoms with Crippen molar-refractivity contribution in [2.24, 2.45) is 10.9 Å². The number of phenols is 1. The molecule has 1 saturated carbocycles. The lowest BCUT2D eigenvalue weighted by molar-refractivity contribution is 0.0661. The van der Waals surface area contributed by atoms with Gasteiger partial charge in [0.05, 0.1) is 11.3 Å². The Morgan fingerprint density at radius 1 is 1.25 bits per heavy atom. The molecule has 11 heteroatoms. The van der Waals surface area contributed by atoms with Crippen LogP contribution >= 0.6 is 11.1 Å². The van der Waals surface area contributed by atoms with Crippen LogP contribution in [-0.2, 0) is 0 Å². The minimum absolute atomic E-state index is 0.171. The lowest BCUT2D eigenvalue weighted by atomic mass is 9.96. The highest BCUT2D eigenvalue weighted by Gasteiger charge is 2.29. The van der Waals surface area contributed by atoms with Crippen molar-refractivity contribution < 1.29 is 18.9 Å². The van der Waals surface area contributed by atoms with Crippen LogP contribution in [0.15, 0.2) is 39.7 Å². The average Bonchev–Trinajstić information content (AvgIpc) is 3.61. The number of nitrogens with zero attached hydrogens (tertiary/aromatic N) is 4. The van der Waals surface area contributed by atoms with E-state index in [0.29, 0.717) is 30.2 Å². The first-order chi connectivity index (χ1) is 17.4. The van der Waals surface area contributed by atoms with Crippen molar-refractivity contribution in [1.29, 1.82) is 0 Å². The number of aromatic amines is 1. The highest BCUT2D eigenvalue weighted by atomic mass is 32.2. The Hall–Kier alpha value is -3.15. The van der Waals surface area contributed by atoms with E-state index in [-0.39, 0.29) is 29.1 Å². The Labute approximate surface area is 212 Å². The number of rotatable bonds is 6. The van der Waals surface area contributed by atoms with Crippen molar-refractivity contribution >= 4 is 28.6 Å². The van der Waals surface area contributed by atoms with E-state index in [1.54, 1.807) is 23.1 Å². The largest absolute Gasteiger partial charge is 0.548 e. The first-order valence-corrected chi connectivity index (χ1v) is 13.5. The number of carbonyl (C=O) groups excluding carboxylic acids is 1. The molecule has 2 aromatic heterocycles. The van der Waals surface area contributed by atoms with E-state index < -0.39 is 11.1 Å². The summed E-state index contributed by atoms with van der Waals surface area (Å²) in [6.07, 6.45) is 4.38. The number of aromatic hydroxyl groups is 1. The molecule has 5 rings (SSSR count). The van der Waals surface area contributed by atoms with Gasteiger partial charge in [-0.3, -0.25) is 4.79 Å². The number of aryl methyl sites for hydroxylation is 1. The second kappa shape index (κ2) is 10.5. The molecule has 2 atom stereocenters. The summed E-state index contributed by atoms with van der Waals surface area (Å²) in [6.45, 7) is 4.69. The molecule has 10 nitrogen and oxygen atoms in total. The van der Waals surface area contributed by atoms with Crippen LogP contribution in [0.25, 0.3) is 0 Å². The maximum absolute atomic E-state index is 13.1. The van der Waals surface area contributed by atoms with E-state index in [4.69, 9.17) is 9.41 Å². The minimum Gasteiger partial charge on any atom is -0.548 e. The number of phenolic OH excluding ortho intramolecular Hbond substituents is 1. The molecule has 3 aromatic rings. The summed E-state index contributed by atoms with van der Waals surface area (Å²) in [5, 5.41) is 14.0. The van der Waals surface area contributed by atoms with Crippen LogP contribution in [0.5, 0.6) is 5.75 Å². The molecular formula is C25H32N6O4S. The summed E-state index contributed by atoms with van der Waals surface area (Å²) >= 11 is -1.70. The highest BCUT2D eigenvalue weighted by molar-refractivity contribution is 7.13. The number of amides is 1. The second-order valence-corrected chi connectivity index (χ2v) is 10.5. The van der Waals surface area contributed by atoms with Crippen molar-refractivity contribution in [2.45, 2.75) is 38.6 Å². The van der Waals surface area contributed by atoms with Gasteiger partial charge in [0.25, 0.3) is 5.91 Å². The minimum atomic E-state index is -1.70. The first-order valence-electron chi connectivity index (χ1n) is 12.4. The van der Waals surface area contributed by atoms with Gasteiger partial charge in [0.15, 0.2) is 16.9 Å². The fraction of sp³-hybridized carbons (Fsp3) is 0.480. The molecule has 1 unspecified atom stereocenters. The monoisotopic (exact) mass is 512 g/mol. The summed E-state index contributed by atoms with van der Waals surface area (Å²) in [5.74, 6) is 1.76. The Morgan fingerprint density at radius 3 is 2.69 bits per heavy atom. The summed E-state index contributed by atoms with van der Waals surface area (Å²) < 4.78 is 25.2. The molecule has 3 heterocycles. The lowest BCUT2D eigenvalue weighted by Gasteiger charge is -2.32. The summed E-state index contributed by atoms with van der Waals surface area (Å²) in [6, 6.07) is 8.60. The molecule has 1 aromatic carbocycles. The zero-order valence-corrected chi connectivity index (χ0v) is 21.4. The Bertz CT molecular complexity index is 1280. The normalized spacial score (nSPS) is 19.1. The van der Waals surface area contributed by atoms with Crippen LogP contribution in [0, 0.1) is 12.8 Å². The number of piperazine rings is 1. The quantitative estimate of drug-likeness (QED) is 0.339. The van der Waals surface area contributed by atoms with Crippen LogP contribution < -0.4 is 10.8 Å². The van der Waals surface area contributed by atoms with Gasteiger partial charge in [-0.05, 0) is 57.0 Å². The van der Waals surface area contributed by atoms with Crippen molar-refractivity contribution in [3.8, 4) is 5.75 Å². The number of carbonyl (C=O) groups is 1. The lowest BCUT2D eigenvalue weighted by Crippen LogP contribution is -2.47. The number of likely N-dealkylation sites (N-methyl/N-ethyl adjacent to an activating group) is 1. The third kappa shape index (κ3) is 5.18. The number of para-hydroxylation sites is 1. The fourth-order valence-electron chi connectivity index (χ4n) is 5.00. The van der Waals surface area contributed by atoms with Gasteiger partial charge in [0.2, 0.25) is 11.3 Å². The molecule has 36 heavy (non-hydrogen) atoms. The maximum Gasteiger partial charge on any atom is 0.257 e. The van der Waals surface area contributed by atoms with Gasteiger partial charge in [0, 0.05) is 30.6 Å². The van der Waals surface area contributed by atoms with Crippen molar-refractivity contribution in [1.82, 2.24) is 18.5 Å². The average molecular weight is 513 g/mol.